The molecule has 10 heteroatoms. The van der Waals surface area contributed by atoms with Gasteiger partial charge in [-0.15, -0.1) is 5.11 Å². The first kappa shape index (κ1) is 26.3. The van der Waals surface area contributed by atoms with Crippen LogP contribution in [0.5, 0.6) is 0 Å². The number of aromatic nitrogens is 1. The summed E-state index contributed by atoms with van der Waals surface area (Å²) in [6.45, 7) is 2.98. The molecule has 2 aromatic carbocycles. The maximum Gasteiger partial charge on any atom is 0.286 e. The molecular formula is C25H30N5O4S+. The molecule has 0 aliphatic carbocycles. The summed E-state index contributed by atoms with van der Waals surface area (Å²) < 4.78 is 1.85. The Morgan fingerprint density at radius 1 is 1.00 bits per heavy atom. The molecule has 3 N–H and O–H groups in total. The monoisotopic (exact) mass is 496 g/mol. The number of thioether (sulfide) groups is 1. The van der Waals surface area contributed by atoms with E-state index in [0.29, 0.717) is 36.8 Å². The third-order valence-corrected chi connectivity index (χ3v) is 5.98. The Bertz CT molecular complexity index is 1160. The summed E-state index contributed by atoms with van der Waals surface area (Å²) in [6.07, 6.45) is 1.84. The SMILES string of the molecule is CC(=O)SCCNC(=O)C[n+]1cccc2c(/N=N/c3ccc(N(CCO)CCO)cc3)cccc21. The summed E-state index contributed by atoms with van der Waals surface area (Å²) in [5.41, 5.74) is 3.10. The molecule has 0 atom stereocenters. The van der Waals surface area contributed by atoms with E-state index in [-0.39, 0.29) is 30.8 Å². The predicted octanol–water partition coefficient (Wildman–Crippen LogP) is 2.73. The molecule has 1 amide bonds. The number of aliphatic hydroxyl groups excluding tert-OH is 2. The fourth-order valence-corrected chi connectivity index (χ4v) is 4.05. The normalized spacial score (nSPS) is 11.2. The zero-order valence-electron chi connectivity index (χ0n) is 19.6. The maximum absolute atomic E-state index is 12.4. The molecule has 0 bridgehead atoms. The molecule has 35 heavy (non-hydrogen) atoms. The molecule has 0 aliphatic rings. The van der Waals surface area contributed by atoms with Crippen molar-refractivity contribution in [3.8, 4) is 0 Å². The van der Waals surface area contributed by atoms with Crippen LogP contribution in [0.25, 0.3) is 10.9 Å². The smallest absolute Gasteiger partial charge is 0.286 e. The number of hydrogen-bond donors (Lipinski definition) is 3. The summed E-state index contributed by atoms with van der Waals surface area (Å²) >= 11 is 1.19. The van der Waals surface area contributed by atoms with Crippen molar-refractivity contribution in [2.24, 2.45) is 10.2 Å². The van der Waals surface area contributed by atoms with Crippen LogP contribution in [0, 0.1) is 0 Å². The molecule has 3 rings (SSSR count). The minimum atomic E-state index is -0.129. The van der Waals surface area contributed by atoms with Gasteiger partial charge in [0.2, 0.25) is 12.1 Å². The second-order valence-electron chi connectivity index (χ2n) is 7.69. The maximum atomic E-state index is 12.4. The van der Waals surface area contributed by atoms with E-state index in [1.165, 1.54) is 18.7 Å². The third-order valence-electron chi connectivity index (χ3n) is 5.17. The van der Waals surface area contributed by atoms with E-state index in [2.05, 4.69) is 15.5 Å². The lowest BCUT2D eigenvalue weighted by Crippen LogP contribution is -2.43. The largest absolute Gasteiger partial charge is 0.395 e. The Hall–Kier alpha value is -3.34. The topological polar surface area (TPSA) is 118 Å². The molecule has 184 valence electrons. The minimum absolute atomic E-state index is 0.00311. The van der Waals surface area contributed by atoms with Gasteiger partial charge in [0.1, 0.15) is 0 Å². The standard InChI is InChI=1S/C25H29N5O4S/c1-19(33)35-17-11-26-25(34)18-30-12-3-4-22-23(5-2-6-24(22)30)28-27-20-7-9-21(10-8-20)29(13-15-31)14-16-32/h2-10,12,31-32H,11,13-18H2,1H3/p+1. The highest BCUT2D eigenvalue weighted by Crippen LogP contribution is 2.27. The van der Waals surface area contributed by atoms with Crippen LogP contribution in [-0.4, -0.2) is 59.8 Å². The van der Waals surface area contributed by atoms with Crippen molar-refractivity contribution in [1.82, 2.24) is 5.32 Å². The average Bonchev–Trinajstić information content (AvgIpc) is 2.86. The summed E-state index contributed by atoms with van der Waals surface area (Å²) in [5, 5.41) is 31.0. The summed E-state index contributed by atoms with van der Waals surface area (Å²) in [5.74, 6) is 0.420. The number of benzene rings is 2. The Morgan fingerprint density at radius 3 is 2.43 bits per heavy atom. The van der Waals surface area contributed by atoms with Gasteiger partial charge < -0.3 is 20.4 Å². The zero-order chi connectivity index (χ0) is 25.0. The lowest BCUT2D eigenvalue weighted by molar-refractivity contribution is -0.658. The molecular weight excluding hydrogens is 466 g/mol. The van der Waals surface area contributed by atoms with Crippen LogP contribution in [0.1, 0.15) is 6.92 Å². The van der Waals surface area contributed by atoms with E-state index < -0.39 is 0 Å². The number of amides is 1. The van der Waals surface area contributed by atoms with Crippen molar-refractivity contribution >= 4 is 50.7 Å². The average molecular weight is 497 g/mol. The Kier molecular flexibility index (Phi) is 10.1. The van der Waals surface area contributed by atoms with Gasteiger partial charge in [-0.2, -0.15) is 9.68 Å². The third kappa shape index (κ3) is 7.84. The van der Waals surface area contributed by atoms with Gasteiger partial charge in [0.05, 0.1) is 30.0 Å². The number of rotatable bonds is 12. The van der Waals surface area contributed by atoms with Crippen molar-refractivity contribution < 1.29 is 24.4 Å². The summed E-state index contributed by atoms with van der Waals surface area (Å²) in [4.78, 5) is 25.2. The molecule has 0 radical (unpaired) electrons. The van der Waals surface area contributed by atoms with Gasteiger partial charge in [-0.3, -0.25) is 9.59 Å². The first-order valence-electron chi connectivity index (χ1n) is 11.3. The molecule has 1 heterocycles. The molecule has 0 saturated heterocycles. The molecule has 0 unspecified atom stereocenters. The lowest BCUT2D eigenvalue weighted by Gasteiger charge is -2.22. The number of carbonyl (C=O) groups is 2. The number of nitrogens with zero attached hydrogens (tertiary/aromatic N) is 4. The number of hydrogen-bond acceptors (Lipinski definition) is 8. The number of anilines is 1. The molecule has 0 aliphatic heterocycles. The molecule has 0 spiro atoms. The molecule has 3 aromatic rings. The van der Waals surface area contributed by atoms with Gasteiger partial charge in [-0.25, -0.2) is 0 Å². The van der Waals surface area contributed by atoms with Crippen LogP contribution >= 0.6 is 11.8 Å². The fraction of sp³-hybridized carbons (Fsp3) is 0.320. The number of aliphatic hydroxyl groups is 2. The van der Waals surface area contributed by atoms with Gasteiger partial charge in [-0.05, 0) is 36.4 Å². The van der Waals surface area contributed by atoms with Gasteiger partial charge in [0.25, 0.3) is 5.91 Å². The number of nitrogens with one attached hydrogen (secondary N) is 1. The van der Waals surface area contributed by atoms with Gasteiger partial charge in [0, 0.05) is 50.1 Å². The number of pyridine rings is 1. The lowest BCUT2D eigenvalue weighted by atomic mass is 10.2. The number of fused-ring (bicyclic) bond motifs is 1. The number of carbonyl (C=O) groups excluding carboxylic acids is 2. The molecule has 9 nitrogen and oxygen atoms in total. The first-order valence-corrected chi connectivity index (χ1v) is 12.3. The minimum Gasteiger partial charge on any atom is -0.395 e. The zero-order valence-corrected chi connectivity index (χ0v) is 20.4. The summed E-state index contributed by atoms with van der Waals surface area (Å²) in [6, 6.07) is 16.9. The van der Waals surface area contributed by atoms with Crippen LogP contribution in [0.4, 0.5) is 17.1 Å². The molecule has 1 aromatic heterocycles. The van der Waals surface area contributed by atoms with Crippen molar-refractivity contribution in [3.63, 3.8) is 0 Å². The summed E-state index contributed by atoms with van der Waals surface area (Å²) in [7, 11) is 0. The van der Waals surface area contributed by atoms with Gasteiger partial charge >= 0.3 is 0 Å². The van der Waals surface area contributed by atoms with Crippen LogP contribution < -0.4 is 14.8 Å². The van der Waals surface area contributed by atoms with Crippen molar-refractivity contribution in [3.05, 3.63) is 60.8 Å². The second kappa shape index (κ2) is 13.5. The van der Waals surface area contributed by atoms with E-state index in [0.717, 1.165) is 16.6 Å². The van der Waals surface area contributed by atoms with E-state index in [1.54, 1.807) is 0 Å². The van der Waals surface area contributed by atoms with E-state index in [1.807, 2.05) is 70.3 Å². The second-order valence-corrected chi connectivity index (χ2v) is 8.96. The van der Waals surface area contributed by atoms with Gasteiger partial charge in [0.15, 0.2) is 11.3 Å². The van der Waals surface area contributed by atoms with Crippen molar-refractivity contribution in [2.75, 3.05) is 43.5 Å². The van der Waals surface area contributed by atoms with E-state index >= 15 is 0 Å². The highest BCUT2D eigenvalue weighted by atomic mass is 32.2. The van der Waals surface area contributed by atoms with Crippen LogP contribution in [-0.2, 0) is 16.1 Å². The van der Waals surface area contributed by atoms with E-state index in [9.17, 15) is 19.8 Å². The highest BCUT2D eigenvalue weighted by molar-refractivity contribution is 8.13. The quantitative estimate of drug-likeness (QED) is 0.202. The fourth-order valence-electron chi connectivity index (χ4n) is 3.56. The van der Waals surface area contributed by atoms with Crippen LogP contribution in [0.2, 0.25) is 0 Å². The van der Waals surface area contributed by atoms with E-state index in [4.69, 9.17) is 0 Å². The highest BCUT2D eigenvalue weighted by Gasteiger charge is 2.15. The Labute approximate surface area is 208 Å². The first-order chi connectivity index (χ1) is 17.0. The molecule has 0 saturated carbocycles. The number of azo groups is 1. The van der Waals surface area contributed by atoms with Gasteiger partial charge in [-0.1, -0.05) is 17.8 Å². The van der Waals surface area contributed by atoms with Crippen LogP contribution in [0.15, 0.2) is 71.0 Å². The molecule has 0 fully saturated rings. The Balaban J connectivity index is 1.72. The van der Waals surface area contributed by atoms with Crippen molar-refractivity contribution in [1.29, 1.82) is 0 Å². The van der Waals surface area contributed by atoms with Crippen LogP contribution in [0.3, 0.4) is 0 Å². The predicted molar refractivity (Wildman–Crippen MR) is 137 cm³/mol. The Morgan fingerprint density at radius 2 is 1.74 bits per heavy atom. The van der Waals surface area contributed by atoms with Crippen molar-refractivity contribution in [2.45, 2.75) is 13.5 Å².